The zero-order valence-corrected chi connectivity index (χ0v) is 9.50. The Labute approximate surface area is 99.8 Å². The summed E-state index contributed by atoms with van der Waals surface area (Å²) in [4.78, 5) is 0. The summed E-state index contributed by atoms with van der Waals surface area (Å²) in [6.07, 6.45) is -0.176. The van der Waals surface area contributed by atoms with Crippen molar-refractivity contribution >= 4 is 0 Å². The molecule has 1 saturated heterocycles. The van der Waals surface area contributed by atoms with Crippen LogP contribution >= 0.6 is 0 Å². The van der Waals surface area contributed by atoms with E-state index >= 15 is 0 Å². The van der Waals surface area contributed by atoms with Crippen molar-refractivity contribution in [3.8, 4) is 5.75 Å². The van der Waals surface area contributed by atoms with Crippen molar-refractivity contribution in [1.29, 1.82) is 0 Å². The van der Waals surface area contributed by atoms with Gasteiger partial charge in [0, 0.05) is 18.4 Å². The Hall–Kier alpha value is -1.10. The molecule has 1 fully saturated rings. The molecular formula is C13H16O4. The molecule has 1 aliphatic heterocycles. The number of benzene rings is 1. The smallest absolute Gasteiger partial charge is 0.123 e. The number of epoxide rings is 1. The fourth-order valence-corrected chi connectivity index (χ4v) is 2.22. The van der Waals surface area contributed by atoms with Crippen LogP contribution in [0.25, 0.3) is 0 Å². The van der Waals surface area contributed by atoms with E-state index in [1.807, 2.05) is 18.2 Å². The van der Waals surface area contributed by atoms with Crippen molar-refractivity contribution in [2.24, 2.45) is 0 Å². The van der Waals surface area contributed by atoms with E-state index < -0.39 is 12.2 Å². The minimum absolute atomic E-state index is 0.227. The summed E-state index contributed by atoms with van der Waals surface area (Å²) >= 11 is 0. The molecule has 0 amide bonds. The number of ether oxygens (including phenoxy) is 2. The van der Waals surface area contributed by atoms with Crippen LogP contribution in [0, 0.1) is 0 Å². The van der Waals surface area contributed by atoms with Crippen molar-refractivity contribution in [3.63, 3.8) is 0 Å². The van der Waals surface area contributed by atoms with Crippen molar-refractivity contribution in [3.05, 3.63) is 29.3 Å². The average Bonchev–Trinajstić information content (AvgIpc) is 3.12. The molecule has 1 aliphatic carbocycles. The standard InChI is InChI=1S/C13H16O4/c14-11-4-8-2-1-3-13(10(8)5-12(11)15)17-7-9-6-16-9/h1-3,9,11-12,14-15H,4-7H2/t9?,11-,12-/m0/s1. The van der Waals surface area contributed by atoms with Gasteiger partial charge in [-0.1, -0.05) is 12.1 Å². The van der Waals surface area contributed by atoms with Gasteiger partial charge in [-0.2, -0.15) is 0 Å². The Morgan fingerprint density at radius 2 is 2.00 bits per heavy atom. The normalized spacial score (nSPS) is 30.8. The van der Waals surface area contributed by atoms with Crippen molar-refractivity contribution in [2.45, 2.75) is 31.2 Å². The Morgan fingerprint density at radius 3 is 2.76 bits per heavy atom. The molecule has 2 aliphatic rings. The molecule has 3 rings (SSSR count). The van der Waals surface area contributed by atoms with Gasteiger partial charge in [-0.15, -0.1) is 0 Å². The lowest BCUT2D eigenvalue weighted by Crippen LogP contribution is -2.34. The lowest BCUT2D eigenvalue weighted by molar-refractivity contribution is 0.0135. The predicted molar refractivity (Wildman–Crippen MR) is 61.1 cm³/mol. The molecule has 92 valence electrons. The first-order valence-electron chi connectivity index (χ1n) is 5.95. The number of fused-ring (bicyclic) bond motifs is 1. The molecule has 0 spiro atoms. The van der Waals surface area contributed by atoms with Crippen LogP contribution in [0.4, 0.5) is 0 Å². The molecule has 0 bridgehead atoms. The SMILES string of the molecule is O[C@H]1Cc2cccc(OCC3CO3)c2C[C@@H]1O. The molecule has 4 nitrogen and oxygen atoms in total. The zero-order chi connectivity index (χ0) is 11.8. The third-order valence-electron chi connectivity index (χ3n) is 3.34. The molecule has 1 aromatic rings. The zero-order valence-electron chi connectivity index (χ0n) is 9.50. The van der Waals surface area contributed by atoms with Crippen molar-refractivity contribution in [2.75, 3.05) is 13.2 Å². The Kier molecular flexibility index (Phi) is 2.78. The molecule has 1 heterocycles. The third kappa shape index (κ3) is 2.29. The Morgan fingerprint density at radius 1 is 1.24 bits per heavy atom. The first-order valence-corrected chi connectivity index (χ1v) is 5.95. The van der Waals surface area contributed by atoms with Crippen LogP contribution in [-0.2, 0) is 17.6 Å². The van der Waals surface area contributed by atoms with Crippen molar-refractivity contribution in [1.82, 2.24) is 0 Å². The molecule has 3 atom stereocenters. The second-order valence-electron chi connectivity index (χ2n) is 4.70. The number of rotatable bonds is 3. The van der Waals surface area contributed by atoms with Crippen LogP contribution < -0.4 is 4.74 Å². The van der Waals surface area contributed by atoms with E-state index in [1.54, 1.807) is 0 Å². The van der Waals surface area contributed by atoms with Crippen LogP contribution in [0.5, 0.6) is 5.75 Å². The molecule has 17 heavy (non-hydrogen) atoms. The fourth-order valence-electron chi connectivity index (χ4n) is 2.22. The maximum absolute atomic E-state index is 9.71. The molecular weight excluding hydrogens is 220 g/mol. The van der Waals surface area contributed by atoms with Gasteiger partial charge in [-0.05, 0) is 11.6 Å². The third-order valence-corrected chi connectivity index (χ3v) is 3.34. The van der Waals surface area contributed by atoms with E-state index in [0.717, 1.165) is 23.5 Å². The predicted octanol–water partition coefficient (Wildman–Crippen LogP) is 0.285. The van der Waals surface area contributed by atoms with Gasteiger partial charge in [-0.25, -0.2) is 0 Å². The number of hydrogen-bond donors (Lipinski definition) is 2. The molecule has 1 aromatic carbocycles. The number of aliphatic hydroxyl groups excluding tert-OH is 2. The molecule has 2 N–H and O–H groups in total. The molecule has 0 radical (unpaired) electrons. The molecule has 0 aromatic heterocycles. The second kappa shape index (κ2) is 4.29. The molecule has 4 heteroatoms. The highest BCUT2D eigenvalue weighted by Gasteiger charge is 2.28. The van der Waals surface area contributed by atoms with Gasteiger partial charge in [0.2, 0.25) is 0 Å². The van der Waals surface area contributed by atoms with Gasteiger partial charge in [0.1, 0.15) is 18.5 Å². The summed E-state index contributed by atoms with van der Waals surface area (Å²) in [6, 6.07) is 5.81. The number of hydrogen-bond acceptors (Lipinski definition) is 4. The minimum Gasteiger partial charge on any atom is -0.490 e. The average molecular weight is 236 g/mol. The van der Waals surface area contributed by atoms with Crippen LogP contribution in [0.3, 0.4) is 0 Å². The topological polar surface area (TPSA) is 62.2 Å². The first-order chi connectivity index (χ1) is 8.24. The van der Waals surface area contributed by atoms with E-state index in [9.17, 15) is 10.2 Å². The summed E-state index contributed by atoms with van der Waals surface area (Å²) in [7, 11) is 0. The van der Waals surface area contributed by atoms with Gasteiger partial charge in [-0.3, -0.25) is 0 Å². The fraction of sp³-hybridized carbons (Fsp3) is 0.538. The van der Waals surface area contributed by atoms with Gasteiger partial charge in [0.05, 0.1) is 18.8 Å². The van der Waals surface area contributed by atoms with Crippen LogP contribution in [-0.4, -0.2) is 41.7 Å². The maximum Gasteiger partial charge on any atom is 0.123 e. The van der Waals surface area contributed by atoms with Crippen LogP contribution in [0.1, 0.15) is 11.1 Å². The van der Waals surface area contributed by atoms with Crippen LogP contribution in [0.15, 0.2) is 18.2 Å². The summed E-state index contributed by atoms with van der Waals surface area (Å²) in [5.74, 6) is 0.809. The Balaban J connectivity index is 1.81. The lowest BCUT2D eigenvalue weighted by atomic mass is 9.87. The summed E-state index contributed by atoms with van der Waals surface area (Å²) in [5, 5.41) is 19.3. The first kappa shape index (κ1) is 11.0. The highest BCUT2D eigenvalue weighted by Crippen LogP contribution is 2.30. The molecule has 1 unspecified atom stereocenters. The monoisotopic (exact) mass is 236 g/mol. The largest absolute Gasteiger partial charge is 0.490 e. The van der Waals surface area contributed by atoms with Crippen molar-refractivity contribution < 1.29 is 19.7 Å². The van der Waals surface area contributed by atoms with Gasteiger partial charge in [0.15, 0.2) is 0 Å². The second-order valence-corrected chi connectivity index (χ2v) is 4.70. The van der Waals surface area contributed by atoms with E-state index in [-0.39, 0.29) is 6.10 Å². The molecule has 0 saturated carbocycles. The van der Waals surface area contributed by atoms with Gasteiger partial charge in [0.25, 0.3) is 0 Å². The van der Waals surface area contributed by atoms with E-state index in [2.05, 4.69) is 0 Å². The number of aliphatic hydroxyl groups is 2. The quantitative estimate of drug-likeness (QED) is 0.740. The van der Waals surface area contributed by atoms with E-state index in [0.29, 0.717) is 19.4 Å². The van der Waals surface area contributed by atoms with Gasteiger partial charge < -0.3 is 19.7 Å². The summed E-state index contributed by atoms with van der Waals surface area (Å²) < 4.78 is 10.8. The highest BCUT2D eigenvalue weighted by molar-refractivity contribution is 5.43. The summed E-state index contributed by atoms with van der Waals surface area (Å²) in [5.41, 5.74) is 2.09. The summed E-state index contributed by atoms with van der Waals surface area (Å²) in [6.45, 7) is 1.34. The van der Waals surface area contributed by atoms with Crippen LogP contribution in [0.2, 0.25) is 0 Å². The Bertz CT molecular complexity index is 414. The van der Waals surface area contributed by atoms with E-state index in [1.165, 1.54) is 0 Å². The minimum atomic E-state index is -0.690. The maximum atomic E-state index is 9.71. The lowest BCUT2D eigenvalue weighted by Gasteiger charge is -2.27. The van der Waals surface area contributed by atoms with E-state index in [4.69, 9.17) is 9.47 Å². The van der Waals surface area contributed by atoms with Gasteiger partial charge >= 0.3 is 0 Å². The highest BCUT2D eigenvalue weighted by atomic mass is 16.6.